The second-order valence-corrected chi connectivity index (χ2v) is 3.18. The predicted molar refractivity (Wildman–Crippen MR) is 23.4 cm³/mol. The van der Waals surface area contributed by atoms with Crippen LogP contribution in [0.2, 0.25) is 4.48 Å². The minimum atomic E-state index is -0.869. The Morgan fingerprint density at radius 2 is 2.33 bits per heavy atom. The van der Waals surface area contributed by atoms with Crippen LogP contribution < -0.4 is 0 Å². The van der Waals surface area contributed by atoms with E-state index in [2.05, 4.69) is 2.69 Å². The Bertz CT molecular complexity index is 52.8. The minimum absolute atomic E-state index is 0.124. The van der Waals surface area contributed by atoms with Gasteiger partial charge in [0, 0.05) is 0 Å². The Balaban J connectivity index is 2.83. The SMILES string of the molecule is [CH3][Pb][O]C(C)=O. The van der Waals surface area contributed by atoms with Crippen molar-refractivity contribution < 1.29 is 7.48 Å². The summed E-state index contributed by atoms with van der Waals surface area (Å²) >= 11 is -0.869. The van der Waals surface area contributed by atoms with E-state index in [-0.39, 0.29) is 5.97 Å². The van der Waals surface area contributed by atoms with Gasteiger partial charge in [0.25, 0.3) is 0 Å². The third kappa shape index (κ3) is 4.39. The molecule has 0 amide bonds. The van der Waals surface area contributed by atoms with Gasteiger partial charge >= 0.3 is 49.5 Å². The third-order valence-corrected chi connectivity index (χ3v) is 2.16. The van der Waals surface area contributed by atoms with Crippen molar-refractivity contribution in [3.05, 3.63) is 0 Å². The second-order valence-electron chi connectivity index (χ2n) is 0.798. The van der Waals surface area contributed by atoms with Gasteiger partial charge in [-0.25, -0.2) is 0 Å². The first kappa shape index (κ1) is 6.39. The van der Waals surface area contributed by atoms with Gasteiger partial charge in [-0.2, -0.15) is 0 Å². The van der Waals surface area contributed by atoms with E-state index in [1.807, 2.05) is 4.48 Å². The molecule has 0 N–H and O–H groups in total. The molecule has 0 rings (SSSR count). The van der Waals surface area contributed by atoms with Gasteiger partial charge in [0.2, 0.25) is 0 Å². The van der Waals surface area contributed by atoms with Gasteiger partial charge in [-0.05, 0) is 0 Å². The van der Waals surface area contributed by atoms with E-state index in [0.29, 0.717) is 0 Å². The third-order valence-electron chi connectivity index (χ3n) is 0.246. The van der Waals surface area contributed by atoms with Crippen LogP contribution in [0, 0.1) is 0 Å². The number of carbonyl (C=O) groups is 1. The second kappa shape index (κ2) is 3.58. The summed E-state index contributed by atoms with van der Waals surface area (Å²) in [6, 6.07) is 0. The fourth-order valence-electron chi connectivity index (χ4n) is 0.144. The van der Waals surface area contributed by atoms with E-state index in [4.69, 9.17) is 0 Å². The van der Waals surface area contributed by atoms with Crippen LogP contribution in [0.1, 0.15) is 6.92 Å². The van der Waals surface area contributed by atoms with Gasteiger partial charge in [0.05, 0.1) is 0 Å². The van der Waals surface area contributed by atoms with Crippen LogP contribution in [0.15, 0.2) is 0 Å². The first-order valence-electron chi connectivity index (χ1n) is 1.61. The van der Waals surface area contributed by atoms with Gasteiger partial charge in [-0.1, -0.05) is 0 Å². The molecule has 2 nitrogen and oxygen atoms in total. The fourth-order valence-corrected chi connectivity index (χ4v) is 1.26. The molecule has 0 bridgehead atoms. The average molecular weight is 281 g/mol. The fraction of sp³-hybridized carbons (Fsp3) is 0.667. The monoisotopic (exact) mass is 282 g/mol. The van der Waals surface area contributed by atoms with Gasteiger partial charge in [-0.3, -0.25) is 0 Å². The van der Waals surface area contributed by atoms with Crippen LogP contribution in [0.3, 0.4) is 0 Å². The molecule has 6 heavy (non-hydrogen) atoms. The summed E-state index contributed by atoms with van der Waals surface area (Å²) in [5.74, 6) is -0.124. The molecule has 0 aliphatic carbocycles. The molecular formula is C3H6O2Pb. The first-order chi connectivity index (χ1) is 2.77. The number of rotatable bonds is 1. The summed E-state index contributed by atoms with van der Waals surface area (Å²) in [6.07, 6.45) is 0. The van der Waals surface area contributed by atoms with Gasteiger partial charge in [0.1, 0.15) is 0 Å². The summed E-state index contributed by atoms with van der Waals surface area (Å²) in [4.78, 5) is 9.87. The molecule has 0 aromatic heterocycles. The quantitative estimate of drug-likeness (QED) is 0.643. The van der Waals surface area contributed by atoms with Crippen LogP contribution in [0.5, 0.6) is 0 Å². The first-order valence-corrected chi connectivity index (χ1v) is 7.09. The molecule has 2 radical (unpaired) electrons. The van der Waals surface area contributed by atoms with Crippen LogP contribution in [0.25, 0.3) is 0 Å². The molecule has 0 aromatic rings. The van der Waals surface area contributed by atoms with Gasteiger partial charge in [0.15, 0.2) is 0 Å². The van der Waals surface area contributed by atoms with Crippen molar-refractivity contribution in [2.45, 2.75) is 11.4 Å². The van der Waals surface area contributed by atoms with E-state index < -0.39 is 24.7 Å². The normalized spacial score (nSPS) is 7.67. The molecule has 0 aliphatic heterocycles. The molecule has 0 spiro atoms. The molecule has 0 atom stereocenters. The molecular weight excluding hydrogens is 275 g/mol. The van der Waals surface area contributed by atoms with Crippen LogP contribution in [-0.4, -0.2) is 30.7 Å². The van der Waals surface area contributed by atoms with Crippen molar-refractivity contribution in [1.82, 2.24) is 0 Å². The Morgan fingerprint density at radius 1 is 1.83 bits per heavy atom. The maximum atomic E-state index is 9.87. The molecule has 0 heterocycles. The summed E-state index contributed by atoms with van der Waals surface area (Å²) < 4.78 is 6.57. The zero-order valence-corrected chi connectivity index (χ0v) is 7.70. The molecule has 3 heteroatoms. The van der Waals surface area contributed by atoms with Crippen molar-refractivity contribution >= 4 is 30.7 Å². The van der Waals surface area contributed by atoms with Crippen LogP contribution >= 0.6 is 0 Å². The number of carbonyl (C=O) groups excluding carboxylic acids is 1. The van der Waals surface area contributed by atoms with E-state index in [0.717, 1.165) is 0 Å². The zero-order chi connectivity index (χ0) is 4.99. The molecule has 0 saturated carbocycles. The molecule has 0 unspecified atom stereocenters. The number of hydrogen-bond donors (Lipinski definition) is 0. The van der Waals surface area contributed by atoms with Gasteiger partial charge < -0.3 is 0 Å². The topological polar surface area (TPSA) is 26.3 Å². The summed E-state index contributed by atoms with van der Waals surface area (Å²) in [5, 5.41) is 0. The Morgan fingerprint density at radius 3 is 2.33 bits per heavy atom. The molecule has 0 fully saturated rings. The summed E-state index contributed by atoms with van der Waals surface area (Å²) in [6.45, 7) is 1.44. The van der Waals surface area contributed by atoms with Crippen molar-refractivity contribution in [2.75, 3.05) is 0 Å². The van der Waals surface area contributed by atoms with E-state index >= 15 is 0 Å². The standard InChI is InChI=1S/C2H4O2.CH3.Pb/c1-2(3)4;;/h1H3,(H,3,4);1H3;/q;;+1/p-1. The summed E-state index contributed by atoms with van der Waals surface area (Å²) in [7, 11) is 0. The Hall–Kier alpha value is 0.392. The van der Waals surface area contributed by atoms with Crippen molar-refractivity contribution in [1.29, 1.82) is 0 Å². The molecule has 0 aromatic carbocycles. The zero-order valence-electron chi connectivity index (χ0n) is 3.82. The van der Waals surface area contributed by atoms with Crippen LogP contribution in [0.4, 0.5) is 0 Å². The maximum absolute atomic E-state index is 9.87. The number of hydrogen-bond acceptors (Lipinski definition) is 2. The van der Waals surface area contributed by atoms with E-state index in [1.165, 1.54) is 6.92 Å². The molecule has 34 valence electrons. The Kier molecular flexibility index (Phi) is 3.81. The summed E-state index contributed by atoms with van der Waals surface area (Å²) in [5.41, 5.74) is 0. The molecule has 0 saturated heterocycles. The van der Waals surface area contributed by atoms with Crippen molar-refractivity contribution in [2.24, 2.45) is 0 Å². The predicted octanol–water partition coefficient (Wildman–Crippen LogP) is 0.217. The van der Waals surface area contributed by atoms with Gasteiger partial charge in [-0.15, -0.1) is 0 Å². The van der Waals surface area contributed by atoms with E-state index in [9.17, 15) is 4.79 Å². The van der Waals surface area contributed by atoms with E-state index in [1.54, 1.807) is 0 Å². The van der Waals surface area contributed by atoms with Crippen molar-refractivity contribution in [3.8, 4) is 0 Å². The van der Waals surface area contributed by atoms with Crippen molar-refractivity contribution in [3.63, 3.8) is 0 Å². The molecule has 0 aliphatic rings. The average Bonchev–Trinajstić information content (AvgIpc) is 1.35. The van der Waals surface area contributed by atoms with Crippen LogP contribution in [-0.2, 0) is 7.48 Å². The Labute approximate surface area is 49.7 Å².